The molecule has 1 aromatic heterocycles. The number of rotatable bonds is 6. The molecule has 0 aliphatic rings. The molecule has 0 aliphatic heterocycles. The van der Waals surface area contributed by atoms with E-state index in [1.807, 2.05) is 0 Å². The van der Waals surface area contributed by atoms with Crippen molar-refractivity contribution < 1.29 is 9.15 Å². The van der Waals surface area contributed by atoms with Crippen molar-refractivity contribution in [1.29, 1.82) is 0 Å². The van der Waals surface area contributed by atoms with Gasteiger partial charge in [-0.1, -0.05) is 18.7 Å². The van der Waals surface area contributed by atoms with Crippen molar-refractivity contribution >= 4 is 11.8 Å². The zero-order valence-corrected chi connectivity index (χ0v) is 9.21. The lowest BCUT2D eigenvalue weighted by Crippen LogP contribution is -2.01. The standard InChI is InChI=1S/C8H15N3O2S/c1-6(3-4-12-2)14-8-11-10-7(5-9)13-8/h6H,3-5,9H2,1-2H3. The Labute approximate surface area is 87.4 Å². The lowest BCUT2D eigenvalue weighted by Gasteiger charge is -2.05. The van der Waals surface area contributed by atoms with Gasteiger partial charge in [0.25, 0.3) is 5.22 Å². The molecule has 5 nitrogen and oxygen atoms in total. The Bertz CT molecular complexity index is 267. The van der Waals surface area contributed by atoms with Crippen molar-refractivity contribution in [1.82, 2.24) is 10.2 Å². The lowest BCUT2D eigenvalue weighted by atomic mass is 10.3. The first-order chi connectivity index (χ1) is 6.76. The largest absolute Gasteiger partial charge is 0.415 e. The Morgan fingerprint density at radius 2 is 2.36 bits per heavy atom. The molecule has 0 saturated carbocycles. The summed E-state index contributed by atoms with van der Waals surface area (Å²) in [6, 6.07) is 0. The van der Waals surface area contributed by atoms with Gasteiger partial charge in [0.1, 0.15) is 0 Å². The number of thioether (sulfide) groups is 1. The first-order valence-corrected chi connectivity index (χ1v) is 5.32. The van der Waals surface area contributed by atoms with Gasteiger partial charge in [0.2, 0.25) is 5.89 Å². The van der Waals surface area contributed by atoms with E-state index in [1.54, 1.807) is 18.9 Å². The van der Waals surface area contributed by atoms with Crippen LogP contribution in [0.5, 0.6) is 0 Å². The molecule has 0 radical (unpaired) electrons. The molecular weight excluding hydrogens is 202 g/mol. The predicted molar refractivity (Wildman–Crippen MR) is 54.0 cm³/mol. The second kappa shape index (κ2) is 6.00. The van der Waals surface area contributed by atoms with Crippen LogP contribution in [0, 0.1) is 0 Å². The third-order valence-corrected chi connectivity index (χ3v) is 2.66. The van der Waals surface area contributed by atoms with Crippen LogP contribution in [0.4, 0.5) is 0 Å². The lowest BCUT2D eigenvalue weighted by molar-refractivity contribution is 0.195. The molecule has 1 heterocycles. The van der Waals surface area contributed by atoms with Gasteiger partial charge in [-0.15, -0.1) is 10.2 Å². The number of nitrogens with two attached hydrogens (primary N) is 1. The minimum Gasteiger partial charge on any atom is -0.415 e. The van der Waals surface area contributed by atoms with Gasteiger partial charge in [0.15, 0.2) is 0 Å². The van der Waals surface area contributed by atoms with Crippen LogP contribution in [0.15, 0.2) is 9.64 Å². The van der Waals surface area contributed by atoms with Gasteiger partial charge in [0, 0.05) is 19.0 Å². The number of methoxy groups -OCH3 is 1. The maximum atomic E-state index is 5.35. The van der Waals surface area contributed by atoms with E-state index in [-0.39, 0.29) is 0 Å². The second-order valence-corrected chi connectivity index (χ2v) is 4.27. The summed E-state index contributed by atoms with van der Waals surface area (Å²) in [5.41, 5.74) is 5.35. The Kier molecular flexibility index (Phi) is 4.92. The number of hydrogen-bond acceptors (Lipinski definition) is 6. The third kappa shape index (κ3) is 3.65. The second-order valence-electron chi connectivity index (χ2n) is 2.88. The maximum Gasteiger partial charge on any atom is 0.276 e. The molecule has 14 heavy (non-hydrogen) atoms. The molecular formula is C8H15N3O2S. The van der Waals surface area contributed by atoms with Crippen molar-refractivity contribution in [2.45, 2.75) is 30.4 Å². The molecule has 0 aromatic carbocycles. The highest BCUT2D eigenvalue weighted by Gasteiger charge is 2.10. The highest BCUT2D eigenvalue weighted by Crippen LogP contribution is 2.23. The fraction of sp³-hybridized carbons (Fsp3) is 0.750. The van der Waals surface area contributed by atoms with E-state index in [0.717, 1.165) is 13.0 Å². The van der Waals surface area contributed by atoms with E-state index >= 15 is 0 Å². The topological polar surface area (TPSA) is 74.2 Å². The summed E-state index contributed by atoms with van der Waals surface area (Å²) in [6.45, 7) is 3.13. The van der Waals surface area contributed by atoms with E-state index < -0.39 is 0 Å². The summed E-state index contributed by atoms with van der Waals surface area (Å²) in [5.74, 6) is 0.478. The van der Waals surface area contributed by atoms with Gasteiger partial charge in [-0.3, -0.25) is 0 Å². The molecule has 0 fully saturated rings. The molecule has 0 bridgehead atoms. The van der Waals surface area contributed by atoms with Crippen molar-refractivity contribution in [3.63, 3.8) is 0 Å². The monoisotopic (exact) mass is 217 g/mol. The van der Waals surface area contributed by atoms with Gasteiger partial charge in [0.05, 0.1) is 6.54 Å². The quantitative estimate of drug-likeness (QED) is 0.718. The SMILES string of the molecule is COCCC(C)Sc1nnc(CN)o1. The molecule has 80 valence electrons. The van der Waals surface area contributed by atoms with Crippen molar-refractivity contribution in [2.75, 3.05) is 13.7 Å². The van der Waals surface area contributed by atoms with Crippen LogP contribution < -0.4 is 5.73 Å². The summed E-state index contributed by atoms with van der Waals surface area (Å²) < 4.78 is 10.2. The van der Waals surface area contributed by atoms with Crippen molar-refractivity contribution in [3.05, 3.63) is 5.89 Å². The van der Waals surface area contributed by atoms with Crippen molar-refractivity contribution in [2.24, 2.45) is 5.73 Å². The summed E-state index contributed by atoms with van der Waals surface area (Å²) >= 11 is 1.54. The predicted octanol–water partition coefficient (Wildman–Crippen LogP) is 1.05. The van der Waals surface area contributed by atoms with Crippen LogP contribution in [0.25, 0.3) is 0 Å². The molecule has 0 amide bonds. The molecule has 1 rings (SSSR count). The zero-order valence-electron chi connectivity index (χ0n) is 8.40. The van der Waals surface area contributed by atoms with Crippen molar-refractivity contribution in [3.8, 4) is 0 Å². The summed E-state index contributed by atoms with van der Waals surface area (Å²) in [4.78, 5) is 0. The molecule has 0 spiro atoms. The maximum absolute atomic E-state index is 5.35. The first kappa shape index (κ1) is 11.5. The summed E-state index contributed by atoms with van der Waals surface area (Å²) in [6.07, 6.45) is 0.960. The number of ether oxygens (including phenoxy) is 1. The molecule has 1 unspecified atom stereocenters. The van der Waals surface area contributed by atoms with Gasteiger partial charge < -0.3 is 14.9 Å². The fourth-order valence-corrected chi connectivity index (χ4v) is 1.67. The van der Waals surface area contributed by atoms with E-state index in [1.165, 1.54) is 0 Å². The minimum absolute atomic E-state index is 0.292. The highest BCUT2D eigenvalue weighted by molar-refractivity contribution is 7.99. The molecule has 0 saturated heterocycles. The summed E-state index contributed by atoms with van der Waals surface area (Å²) in [7, 11) is 1.69. The van der Waals surface area contributed by atoms with Gasteiger partial charge in [-0.25, -0.2) is 0 Å². The van der Waals surface area contributed by atoms with Gasteiger partial charge in [-0.2, -0.15) is 0 Å². The number of hydrogen-bond donors (Lipinski definition) is 1. The van der Waals surface area contributed by atoms with Gasteiger partial charge >= 0.3 is 0 Å². The van der Waals surface area contributed by atoms with E-state index in [2.05, 4.69) is 17.1 Å². The molecule has 2 N–H and O–H groups in total. The third-order valence-electron chi connectivity index (χ3n) is 1.65. The average Bonchev–Trinajstić information content (AvgIpc) is 2.62. The van der Waals surface area contributed by atoms with Crippen LogP contribution in [0.3, 0.4) is 0 Å². The number of nitrogens with zero attached hydrogens (tertiary/aromatic N) is 2. The zero-order chi connectivity index (χ0) is 10.4. The Hall–Kier alpha value is -0.590. The van der Waals surface area contributed by atoms with Crippen LogP contribution in [-0.2, 0) is 11.3 Å². The van der Waals surface area contributed by atoms with E-state index in [0.29, 0.717) is 22.9 Å². The Balaban J connectivity index is 2.35. The van der Waals surface area contributed by atoms with Crippen LogP contribution >= 0.6 is 11.8 Å². The van der Waals surface area contributed by atoms with E-state index in [4.69, 9.17) is 14.9 Å². The normalized spacial score (nSPS) is 13.1. The molecule has 0 aliphatic carbocycles. The summed E-state index contributed by atoms with van der Waals surface area (Å²) in [5, 5.41) is 8.62. The Morgan fingerprint density at radius 3 is 2.93 bits per heavy atom. The highest BCUT2D eigenvalue weighted by atomic mass is 32.2. The van der Waals surface area contributed by atoms with Crippen LogP contribution in [0.1, 0.15) is 19.2 Å². The first-order valence-electron chi connectivity index (χ1n) is 4.44. The smallest absolute Gasteiger partial charge is 0.276 e. The average molecular weight is 217 g/mol. The van der Waals surface area contributed by atoms with Gasteiger partial charge in [-0.05, 0) is 6.42 Å². The van der Waals surface area contributed by atoms with Crippen LogP contribution in [0.2, 0.25) is 0 Å². The molecule has 6 heteroatoms. The Morgan fingerprint density at radius 1 is 1.57 bits per heavy atom. The minimum atomic E-state index is 0.292. The van der Waals surface area contributed by atoms with E-state index in [9.17, 15) is 0 Å². The fourth-order valence-electron chi connectivity index (χ4n) is 0.883. The number of aromatic nitrogens is 2. The molecule has 1 aromatic rings. The van der Waals surface area contributed by atoms with Crippen LogP contribution in [-0.4, -0.2) is 29.2 Å². The molecule has 1 atom stereocenters.